The molecule has 0 radical (unpaired) electrons. The molecule has 0 aromatic carbocycles. The lowest BCUT2D eigenvalue weighted by Gasteiger charge is -2.06. The third-order valence-electron chi connectivity index (χ3n) is 3.42. The first-order chi connectivity index (χ1) is 6.29. The molecule has 3 rings (SSSR count). The third-order valence-corrected chi connectivity index (χ3v) is 3.42. The largest absolute Gasteiger partial charge is 0.0763 e. The molecule has 0 spiro atoms. The zero-order valence-corrected chi connectivity index (χ0v) is 8.17. The van der Waals surface area contributed by atoms with Gasteiger partial charge in [0.15, 0.2) is 0 Å². The van der Waals surface area contributed by atoms with E-state index in [1.54, 1.807) is 16.7 Å². The summed E-state index contributed by atoms with van der Waals surface area (Å²) in [6.07, 6.45) is 10.7. The quantitative estimate of drug-likeness (QED) is 0.489. The second-order valence-electron chi connectivity index (χ2n) is 4.35. The molecular formula is C13H14. The summed E-state index contributed by atoms with van der Waals surface area (Å²) in [7, 11) is 0. The minimum atomic E-state index is 0.642. The Hall–Kier alpha value is -1.04. The van der Waals surface area contributed by atoms with Crippen molar-refractivity contribution in [2.45, 2.75) is 20.3 Å². The number of allylic oxidation sites excluding steroid dienone is 8. The molecular weight excluding hydrogens is 156 g/mol. The summed E-state index contributed by atoms with van der Waals surface area (Å²) in [4.78, 5) is 0. The van der Waals surface area contributed by atoms with Crippen LogP contribution in [0.15, 0.2) is 46.6 Å². The van der Waals surface area contributed by atoms with E-state index in [-0.39, 0.29) is 0 Å². The van der Waals surface area contributed by atoms with Crippen molar-refractivity contribution in [2.24, 2.45) is 11.8 Å². The second-order valence-corrected chi connectivity index (χ2v) is 4.35. The van der Waals surface area contributed by atoms with Crippen LogP contribution in [-0.2, 0) is 0 Å². The first-order valence-corrected chi connectivity index (χ1v) is 5.05. The lowest BCUT2D eigenvalue weighted by molar-refractivity contribution is 0.919. The Balaban J connectivity index is 2.22. The van der Waals surface area contributed by atoms with E-state index in [1.807, 2.05) is 0 Å². The molecule has 0 aliphatic heterocycles. The molecule has 2 atom stereocenters. The van der Waals surface area contributed by atoms with Gasteiger partial charge in [0.1, 0.15) is 0 Å². The van der Waals surface area contributed by atoms with Gasteiger partial charge in [-0.05, 0) is 37.0 Å². The summed E-state index contributed by atoms with van der Waals surface area (Å²) in [5.41, 5.74) is 6.36. The molecule has 2 bridgehead atoms. The zero-order chi connectivity index (χ0) is 9.00. The Bertz CT molecular complexity index is 354. The monoisotopic (exact) mass is 170 g/mol. The van der Waals surface area contributed by atoms with Gasteiger partial charge in [-0.2, -0.15) is 0 Å². The molecule has 1 fully saturated rings. The van der Waals surface area contributed by atoms with Gasteiger partial charge in [0.05, 0.1) is 0 Å². The molecule has 0 aromatic rings. The molecule has 0 saturated heterocycles. The van der Waals surface area contributed by atoms with E-state index in [9.17, 15) is 0 Å². The predicted molar refractivity (Wildman–Crippen MR) is 55.3 cm³/mol. The molecule has 0 unspecified atom stereocenters. The van der Waals surface area contributed by atoms with Crippen molar-refractivity contribution < 1.29 is 0 Å². The highest BCUT2D eigenvalue weighted by molar-refractivity contribution is 5.62. The average Bonchev–Trinajstić information content (AvgIpc) is 2.75. The minimum absolute atomic E-state index is 0.642. The summed E-state index contributed by atoms with van der Waals surface area (Å²) >= 11 is 0. The lowest BCUT2D eigenvalue weighted by Crippen LogP contribution is -1.94. The van der Waals surface area contributed by atoms with Gasteiger partial charge in [-0.3, -0.25) is 0 Å². The standard InChI is InChI=1S/C13H14/c1-8(2)13-11-6-7-12(13)10-5-3-4-9(10)11/h4-7,11-12H,3H2,1-2H3/t11-,12-/m0/s1. The van der Waals surface area contributed by atoms with Crippen LogP contribution in [0.2, 0.25) is 0 Å². The van der Waals surface area contributed by atoms with Gasteiger partial charge in [0, 0.05) is 11.8 Å². The predicted octanol–water partition coefficient (Wildman–Crippen LogP) is 3.40. The SMILES string of the molecule is CC(C)=C1[C@H]2C=C[C@H]1C1=CCC=C12. The van der Waals surface area contributed by atoms with Gasteiger partial charge in [-0.15, -0.1) is 0 Å². The zero-order valence-electron chi connectivity index (χ0n) is 8.17. The van der Waals surface area contributed by atoms with E-state index in [2.05, 4.69) is 38.2 Å². The van der Waals surface area contributed by atoms with E-state index in [1.165, 1.54) is 5.57 Å². The van der Waals surface area contributed by atoms with E-state index in [0.29, 0.717) is 11.8 Å². The van der Waals surface area contributed by atoms with Crippen LogP contribution in [0.4, 0.5) is 0 Å². The van der Waals surface area contributed by atoms with E-state index < -0.39 is 0 Å². The van der Waals surface area contributed by atoms with Crippen LogP contribution >= 0.6 is 0 Å². The summed E-state index contributed by atoms with van der Waals surface area (Å²) in [6.45, 7) is 4.48. The van der Waals surface area contributed by atoms with Gasteiger partial charge < -0.3 is 0 Å². The van der Waals surface area contributed by atoms with Crippen LogP contribution in [0.25, 0.3) is 0 Å². The second kappa shape index (κ2) is 2.25. The average molecular weight is 170 g/mol. The Morgan fingerprint density at radius 3 is 2.08 bits per heavy atom. The Morgan fingerprint density at radius 2 is 1.62 bits per heavy atom. The maximum Gasteiger partial charge on any atom is 0.0240 e. The van der Waals surface area contributed by atoms with Crippen LogP contribution < -0.4 is 0 Å². The molecule has 0 amide bonds. The van der Waals surface area contributed by atoms with Crippen LogP contribution in [0.3, 0.4) is 0 Å². The summed E-state index contributed by atoms with van der Waals surface area (Å²) in [5, 5.41) is 0. The van der Waals surface area contributed by atoms with Crippen LogP contribution in [0.1, 0.15) is 20.3 Å². The molecule has 3 aliphatic rings. The molecule has 0 heteroatoms. The fraction of sp³-hybridized carbons (Fsp3) is 0.385. The lowest BCUT2D eigenvalue weighted by atomic mass is 9.98. The number of rotatable bonds is 0. The number of hydrogen-bond acceptors (Lipinski definition) is 0. The van der Waals surface area contributed by atoms with Crippen LogP contribution in [0.5, 0.6) is 0 Å². The van der Waals surface area contributed by atoms with Crippen molar-refractivity contribution >= 4 is 0 Å². The fourth-order valence-electron chi connectivity index (χ4n) is 2.95. The molecule has 0 nitrogen and oxygen atoms in total. The first kappa shape index (κ1) is 7.37. The Labute approximate surface area is 79.3 Å². The highest BCUT2D eigenvalue weighted by atomic mass is 14.4. The van der Waals surface area contributed by atoms with E-state index in [4.69, 9.17) is 0 Å². The normalized spacial score (nSPS) is 33.5. The molecule has 1 saturated carbocycles. The van der Waals surface area contributed by atoms with E-state index >= 15 is 0 Å². The third kappa shape index (κ3) is 0.763. The van der Waals surface area contributed by atoms with Gasteiger partial charge in [-0.25, -0.2) is 0 Å². The van der Waals surface area contributed by atoms with Gasteiger partial charge in [0.2, 0.25) is 0 Å². The van der Waals surface area contributed by atoms with Gasteiger partial charge in [-0.1, -0.05) is 29.9 Å². The molecule has 66 valence electrons. The maximum absolute atomic E-state index is 2.40. The van der Waals surface area contributed by atoms with Crippen molar-refractivity contribution in [3.63, 3.8) is 0 Å². The van der Waals surface area contributed by atoms with Crippen LogP contribution in [0, 0.1) is 11.8 Å². The fourth-order valence-corrected chi connectivity index (χ4v) is 2.95. The van der Waals surface area contributed by atoms with Crippen LogP contribution in [-0.4, -0.2) is 0 Å². The Morgan fingerprint density at radius 1 is 1.08 bits per heavy atom. The maximum atomic E-state index is 2.40. The van der Waals surface area contributed by atoms with Gasteiger partial charge in [0.25, 0.3) is 0 Å². The Kier molecular flexibility index (Phi) is 1.28. The topological polar surface area (TPSA) is 0 Å². The van der Waals surface area contributed by atoms with Crippen molar-refractivity contribution in [1.29, 1.82) is 0 Å². The van der Waals surface area contributed by atoms with Crippen molar-refractivity contribution in [1.82, 2.24) is 0 Å². The summed E-state index contributed by atoms with van der Waals surface area (Å²) < 4.78 is 0. The highest BCUT2D eigenvalue weighted by Gasteiger charge is 2.41. The molecule has 13 heavy (non-hydrogen) atoms. The molecule has 0 aromatic heterocycles. The molecule has 0 heterocycles. The van der Waals surface area contributed by atoms with Crippen molar-refractivity contribution in [3.8, 4) is 0 Å². The molecule has 3 aliphatic carbocycles. The first-order valence-electron chi connectivity index (χ1n) is 5.05. The number of hydrogen-bond donors (Lipinski definition) is 0. The minimum Gasteiger partial charge on any atom is -0.0763 e. The smallest absolute Gasteiger partial charge is 0.0240 e. The van der Waals surface area contributed by atoms with Crippen molar-refractivity contribution in [2.75, 3.05) is 0 Å². The molecule has 0 N–H and O–H groups in total. The highest BCUT2D eigenvalue weighted by Crippen LogP contribution is 2.54. The number of fused-ring (bicyclic) bond motifs is 5. The van der Waals surface area contributed by atoms with Gasteiger partial charge >= 0.3 is 0 Å². The summed E-state index contributed by atoms with van der Waals surface area (Å²) in [5.74, 6) is 1.28. The van der Waals surface area contributed by atoms with Crippen molar-refractivity contribution in [3.05, 3.63) is 46.6 Å². The summed E-state index contributed by atoms with van der Waals surface area (Å²) in [6, 6.07) is 0. The van der Waals surface area contributed by atoms with E-state index in [0.717, 1.165) is 6.42 Å².